The fraction of sp³-hybridized carbons (Fsp3) is 0.125. The normalized spacial score (nSPS) is 11.1. The first-order valence-corrected chi connectivity index (χ1v) is 9.72. The van der Waals surface area contributed by atoms with E-state index in [1.807, 2.05) is 30.3 Å². The minimum atomic E-state index is 0.649. The lowest BCUT2D eigenvalue weighted by Crippen LogP contribution is -2.21. The number of aromatic nitrogens is 2. The smallest absolute Gasteiger partial charge is 0.176 e. The largest absolute Gasteiger partial charge is 0.367 e. The number of fused-ring (bicyclic) bond motifs is 1. The van der Waals surface area contributed by atoms with Crippen molar-refractivity contribution in [2.24, 2.45) is 5.10 Å². The second-order valence-electron chi connectivity index (χ2n) is 6.74. The van der Waals surface area contributed by atoms with Crippen LogP contribution < -0.4 is 10.3 Å². The highest BCUT2D eigenvalue weighted by molar-refractivity contribution is 5.91. The average molecular weight is 381 g/mol. The van der Waals surface area contributed by atoms with Crippen molar-refractivity contribution in [3.8, 4) is 0 Å². The fourth-order valence-electron chi connectivity index (χ4n) is 3.24. The van der Waals surface area contributed by atoms with Gasteiger partial charge in [0.25, 0.3) is 0 Å². The van der Waals surface area contributed by atoms with Crippen LogP contribution in [0.15, 0.2) is 90.2 Å². The zero-order chi connectivity index (χ0) is 19.9. The molecular formula is C24H23N5. The summed E-state index contributed by atoms with van der Waals surface area (Å²) in [6, 6.07) is 26.9. The van der Waals surface area contributed by atoms with Crippen LogP contribution in [0.3, 0.4) is 0 Å². The lowest BCUT2D eigenvalue weighted by Gasteiger charge is -2.23. The predicted molar refractivity (Wildman–Crippen MR) is 120 cm³/mol. The van der Waals surface area contributed by atoms with E-state index >= 15 is 0 Å². The molecule has 4 rings (SSSR count). The quantitative estimate of drug-likeness (QED) is 0.357. The van der Waals surface area contributed by atoms with Crippen LogP contribution in [0.1, 0.15) is 18.1 Å². The van der Waals surface area contributed by atoms with Crippen molar-refractivity contribution in [3.05, 3.63) is 96.2 Å². The summed E-state index contributed by atoms with van der Waals surface area (Å²) in [4.78, 5) is 2.35. The maximum atomic E-state index is 4.33. The number of nitrogens with zero attached hydrogens (tertiary/aromatic N) is 4. The Labute approximate surface area is 170 Å². The summed E-state index contributed by atoms with van der Waals surface area (Å²) in [5.41, 5.74) is 6.52. The molecule has 1 aromatic heterocycles. The lowest BCUT2D eigenvalue weighted by atomic mass is 10.1. The molecule has 0 amide bonds. The van der Waals surface area contributed by atoms with E-state index in [-0.39, 0.29) is 0 Å². The zero-order valence-corrected chi connectivity index (χ0v) is 16.4. The number of benzene rings is 3. The Kier molecular flexibility index (Phi) is 5.76. The molecule has 4 aromatic rings. The Bertz CT molecular complexity index is 1090. The third-order valence-electron chi connectivity index (χ3n) is 4.81. The van der Waals surface area contributed by atoms with Crippen LogP contribution in [-0.4, -0.2) is 23.0 Å². The topological polar surface area (TPSA) is 53.4 Å². The molecule has 5 heteroatoms. The molecule has 0 aliphatic carbocycles. The van der Waals surface area contributed by atoms with Crippen LogP contribution in [0.5, 0.6) is 0 Å². The fourth-order valence-corrected chi connectivity index (χ4v) is 3.24. The van der Waals surface area contributed by atoms with E-state index in [2.05, 4.69) is 81.1 Å². The summed E-state index contributed by atoms with van der Waals surface area (Å²) >= 11 is 0. The molecule has 0 saturated carbocycles. The summed E-state index contributed by atoms with van der Waals surface area (Å²) in [6.45, 7) is 4.02. The van der Waals surface area contributed by atoms with Gasteiger partial charge in [0.1, 0.15) is 0 Å². The Morgan fingerprint density at radius 1 is 0.931 bits per heavy atom. The highest BCUT2D eigenvalue weighted by Crippen LogP contribution is 2.20. The van der Waals surface area contributed by atoms with Crippen molar-refractivity contribution < 1.29 is 0 Å². The monoisotopic (exact) mass is 381 g/mol. The summed E-state index contributed by atoms with van der Waals surface area (Å²) in [7, 11) is 0. The van der Waals surface area contributed by atoms with Gasteiger partial charge in [0, 0.05) is 29.5 Å². The SMILES string of the molecule is CCN(Cc1ccccc1)c1ccc(/C=N\Nc2nncc3ccccc23)cc1. The van der Waals surface area contributed by atoms with Crippen LogP contribution in [-0.2, 0) is 6.54 Å². The van der Waals surface area contributed by atoms with Gasteiger partial charge in [-0.1, -0.05) is 66.7 Å². The molecule has 29 heavy (non-hydrogen) atoms. The molecule has 0 aliphatic heterocycles. The standard InChI is InChI=1S/C24H23N5/c1-2-29(18-20-8-4-3-5-9-20)22-14-12-19(13-15-22)16-25-27-24-23-11-7-6-10-21(23)17-26-28-24/h3-17H,2,18H2,1H3,(H,27,28)/b25-16-. The van der Waals surface area contributed by atoms with Gasteiger partial charge in [0.2, 0.25) is 0 Å². The molecule has 3 aromatic carbocycles. The van der Waals surface area contributed by atoms with Crippen LogP contribution >= 0.6 is 0 Å². The second kappa shape index (κ2) is 8.97. The zero-order valence-electron chi connectivity index (χ0n) is 16.4. The first-order chi connectivity index (χ1) is 14.3. The van der Waals surface area contributed by atoms with Crippen LogP contribution in [0.2, 0.25) is 0 Å². The first-order valence-electron chi connectivity index (χ1n) is 9.72. The number of rotatable bonds is 7. The predicted octanol–water partition coefficient (Wildman–Crippen LogP) is 5.10. The first kappa shape index (κ1) is 18.6. The minimum absolute atomic E-state index is 0.649. The van der Waals surface area contributed by atoms with Crippen molar-refractivity contribution in [1.29, 1.82) is 0 Å². The van der Waals surface area contributed by atoms with Gasteiger partial charge in [-0.25, -0.2) is 0 Å². The van der Waals surface area contributed by atoms with E-state index in [4.69, 9.17) is 0 Å². The Morgan fingerprint density at radius 2 is 1.69 bits per heavy atom. The third-order valence-corrected chi connectivity index (χ3v) is 4.81. The molecule has 5 nitrogen and oxygen atoms in total. The van der Waals surface area contributed by atoms with Crippen molar-refractivity contribution in [1.82, 2.24) is 10.2 Å². The molecule has 0 saturated heterocycles. The molecule has 0 aliphatic rings. The van der Waals surface area contributed by atoms with E-state index < -0.39 is 0 Å². The molecule has 0 unspecified atom stereocenters. The van der Waals surface area contributed by atoms with Crippen molar-refractivity contribution in [3.63, 3.8) is 0 Å². The van der Waals surface area contributed by atoms with Gasteiger partial charge in [-0.05, 0) is 30.2 Å². The maximum Gasteiger partial charge on any atom is 0.176 e. The highest BCUT2D eigenvalue weighted by atomic mass is 15.3. The molecule has 0 fully saturated rings. The summed E-state index contributed by atoms with van der Waals surface area (Å²) < 4.78 is 0. The third kappa shape index (κ3) is 4.58. The highest BCUT2D eigenvalue weighted by Gasteiger charge is 2.05. The van der Waals surface area contributed by atoms with Crippen molar-refractivity contribution in [2.75, 3.05) is 16.9 Å². The van der Waals surface area contributed by atoms with Gasteiger partial charge in [-0.15, -0.1) is 5.10 Å². The van der Waals surface area contributed by atoms with Crippen LogP contribution in [0.4, 0.5) is 11.5 Å². The Balaban J connectivity index is 1.43. The van der Waals surface area contributed by atoms with E-state index in [9.17, 15) is 0 Å². The maximum absolute atomic E-state index is 4.33. The second-order valence-corrected chi connectivity index (χ2v) is 6.74. The van der Waals surface area contributed by atoms with E-state index in [0.29, 0.717) is 5.82 Å². The Morgan fingerprint density at radius 3 is 2.48 bits per heavy atom. The lowest BCUT2D eigenvalue weighted by molar-refractivity contribution is 0.832. The molecule has 0 spiro atoms. The van der Waals surface area contributed by atoms with Crippen LogP contribution in [0, 0.1) is 0 Å². The summed E-state index contributed by atoms with van der Waals surface area (Å²) in [6.07, 6.45) is 3.54. The average Bonchev–Trinajstić information content (AvgIpc) is 2.79. The van der Waals surface area contributed by atoms with E-state index in [1.54, 1.807) is 12.4 Å². The van der Waals surface area contributed by atoms with Gasteiger partial charge in [-0.2, -0.15) is 10.2 Å². The van der Waals surface area contributed by atoms with E-state index in [0.717, 1.165) is 29.4 Å². The van der Waals surface area contributed by atoms with Crippen LogP contribution in [0.25, 0.3) is 10.8 Å². The van der Waals surface area contributed by atoms with Gasteiger partial charge >= 0.3 is 0 Å². The number of hydrazone groups is 1. The molecule has 144 valence electrons. The number of hydrogen-bond acceptors (Lipinski definition) is 5. The summed E-state index contributed by atoms with van der Waals surface area (Å²) in [5, 5.41) is 14.5. The number of hydrogen-bond donors (Lipinski definition) is 1. The van der Waals surface area contributed by atoms with Crippen molar-refractivity contribution in [2.45, 2.75) is 13.5 Å². The molecule has 0 radical (unpaired) electrons. The van der Waals surface area contributed by atoms with Gasteiger partial charge in [0.05, 0.1) is 12.4 Å². The molecule has 0 atom stereocenters. The number of nitrogens with one attached hydrogen (secondary N) is 1. The minimum Gasteiger partial charge on any atom is -0.367 e. The van der Waals surface area contributed by atoms with E-state index in [1.165, 1.54) is 11.3 Å². The van der Waals surface area contributed by atoms with Gasteiger partial charge in [0.15, 0.2) is 5.82 Å². The molecule has 0 bridgehead atoms. The van der Waals surface area contributed by atoms with Crippen molar-refractivity contribution >= 4 is 28.5 Å². The molecule has 1 N–H and O–H groups in total. The summed E-state index contributed by atoms with van der Waals surface area (Å²) in [5.74, 6) is 0.649. The Hall–Kier alpha value is -3.73. The number of anilines is 2. The molecular weight excluding hydrogens is 358 g/mol. The van der Waals surface area contributed by atoms with Gasteiger partial charge < -0.3 is 4.90 Å². The van der Waals surface area contributed by atoms with Gasteiger partial charge in [-0.3, -0.25) is 5.43 Å². The molecule has 1 heterocycles.